The van der Waals surface area contributed by atoms with Gasteiger partial charge in [-0.25, -0.2) is 5.01 Å². The van der Waals surface area contributed by atoms with Gasteiger partial charge in [0.15, 0.2) is 35.4 Å². The van der Waals surface area contributed by atoms with Gasteiger partial charge in [-0.3, -0.25) is 34.2 Å². The van der Waals surface area contributed by atoms with Gasteiger partial charge in [-0.15, -0.1) is 0 Å². The summed E-state index contributed by atoms with van der Waals surface area (Å²) < 4.78 is 33.4. The molecule has 0 spiro atoms. The van der Waals surface area contributed by atoms with Crippen LogP contribution < -0.4 is 16.6 Å². The maximum atomic E-state index is 13.3. The minimum Gasteiger partial charge on any atom is -0.463 e. The highest BCUT2D eigenvalue weighted by Gasteiger charge is 2.54. The van der Waals surface area contributed by atoms with Crippen LogP contribution in [0.4, 0.5) is 5.88 Å². The van der Waals surface area contributed by atoms with Crippen molar-refractivity contribution in [3.05, 3.63) is 39.5 Å². The number of hydrogen-bond donors (Lipinski definition) is 2. The van der Waals surface area contributed by atoms with E-state index >= 15 is 0 Å². The number of benzene rings is 1. The van der Waals surface area contributed by atoms with Crippen molar-refractivity contribution in [3.8, 4) is 0 Å². The van der Waals surface area contributed by atoms with Gasteiger partial charge in [0.1, 0.15) is 23.9 Å². The average Bonchev–Trinajstić information content (AvgIpc) is 2.88. The van der Waals surface area contributed by atoms with Crippen LogP contribution in [-0.2, 0) is 42.9 Å². The minimum atomic E-state index is -1.60. The van der Waals surface area contributed by atoms with E-state index in [0.29, 0.717) is 5.56 Å². The Balaban J connectivity index is 2.22. The highest BCUT2D eigenvalue weighted by atomic mass is 32.1. The normalized spacial score (nSPS) is 21.3. The topological polar surface area (TPSA) is 203 Å². The first-order valence-corrected chi connectivity index (χ1v) is 13.3. The lowest BCUT2D eigenvalue weighted by molar-refractivity contribution is -0.269. The molecule has 2 aromatic rings. The molecule has 232 valence electrons. The number of aryl methyl sites for hydroxylation is 1. The molecule has 43 heavy (non-hydrogen) atoms. The molecule has 1 aromatic carbocycles. The molecule has 1 aliphatic rings. The number of rotatable bonds is 9. The van der Waals surface area contributed by atoms with Gasteiger partial charge >= 0.3 is 23.9 Å². The van der Waals surface area contributed by atoms with E-state index < -0.39 is 77.5 Å². The number of para-hydroxylation sites is 1. The molecule has 3 N–H and O–H groups in total. The van der Waals surface area contributed by atoms with Crippen LogP contribution in [0, 0.1) is 6.92 Å². The molecule has 1 aromatic heterocycles. The van der Waals surface area contributed by atoms with Crippen LogP contribution in [0.15, 0.2) is 27.4 Å². The van der Waals surface area contributed by atoms with Crippen molar-refractivity contribution in [1.82, 2.24) is 5.01 Å². The third-order valence-corrected chi connectivity index (χ3v) is 6.34. The number of carbonyl (C=O) groups is 5. The summed E-state index contributed by atoms with van der Waals surface area (Å²) in [6, 6.07) is 4.81. The van der Waals surface area contributed by atoms with E-state index in [-0.39, 0.29) is 22.4 Å². The Morgan fingerprint density at radius 1 is 0.930 bits per heavy atom. The van der Waals surface area contributed by atoms with Crippen LogP contribution in [0.25, 0.3) is 11.0 Å². The second-order valence-corrected chi connectivity index (χ2v) is 9.97. The monoisotopic (exact) mass is 621 g/mol. The van der Waals surface area contributed by atoms with Gasteiger partial charge in [-0.2, -0.15) is 0 Å². The maximum absolute atomic E-state index is 13.3. The van der Waals surface area contributed by atoms with Crippen LogP contribution in [-0.4, -0.2) is 77.0 Å². The smallest absolute Gasteiger partial charge is 0.303 e. The summed E-state index contributed by atoms with van der Waals surface area (Å²) in [6.45, 7) is 6.66. The van der Waals surface area contributed by atoms with Gasteiger partial charge in [0.25, 0.3) is 0 Å². The predicted octanol–water partition coefficient (Wildman–Crippen LogP) is 1.26. The molecule has 3 rings (SSSR count). The number of nitrogens with one attached hydrogen (secondary N) is 1. The Bertz CT molecular complexity index is 1520. The Labute approximate surface area is 250 Å². The van der Waals surface area contributed by atoms with Crippen molar-refractivity contribution in [3.63, 3.8) is 0 Å². The number of ether oxygens (including phenoxy) is 5. The number of Topliss-reactive ketones (excluding diaryl/α,β-unsaturated/α-hetero) is 1. The Morgan fingerprint density at radius 3 is 2.05 bits per heavy atom. The number of esters is 4. The zero-order chi connectivity index (χ0) is 32.2. The van der Waals surface area contributed by atoms with Gasteiger partial charge < -0.3 is 33.8 Å². The molecule has 2 heterocycles. The first-order valence-electron chi connectivity index (χ1n) is 12.9. The summed E-state index contributed by atoms with van der Waals surface area (Å²) >= 11 is 5.24. The highest BCUT2D eigenvalue weighted by Crippen LogP contribution is 2.32. The zero-order valence-electron chi connectivity index (χ0n) is 24.2. The third-order valence-electron chi connectivity index (χ3n) is 6.15. The fourth-order valence-corrected chi connectivity index (χ4v) is 4.67. The van der Waals surface area contributed by atoms with Gasteiger partial charge in [-0.05, 0) is 37.7 Å². The first-order chi connectivity index (χ1) is 20.1. The average molecular weight is 622 g/mol. The molecule has 1 fully saturated rings. The molecule has 0 radical (unpaired) electrons. The van der Waals surface area contributed by atoms with Crippen molar-refractivity contribution in [2.45, 2.75) is 72.2 Å². The van der Waals surface area contributed by atoms with Crippen molar-refractivity contribution >= 4 is 63.8 Å². The quantitative estimate of drug-likeness (QED) is 0.133. The van der Waals surface area contributed by atoms with E-state index in [1.807, 2.05) is 0 Å². The van der Waals surface area contributed by atoms with E-state index in [2.05, 4.69) is 5.43 Å². The lowest BCUT2D eigenvalue weighted by Gasteiger charge is -2.47. The van der Waals surface area contributed by atoms with Crippen LogP contribution in [0.3, 0.4) is 0 Å². The Hall–Kier alpha value is -4.57. The number of thiocarbonyl (C=S) groups is 1. The summed E-state index contributed by atoms with van der Waals surface area (Å²) in [4.78, 5) is 74.0. The SMILES string of the molecule is CC(=O)OC[C@H]1O[C@@H](N(Nc2oc3c(C)cccc3c(=O)c2C(C)=O)C(N)=S)[C@H](OC(C)=O)[C@@H](OC(C)=O)[C@H]1OC(C)=O. The van der Waals surface area contributed by atoms with Gasteiger partial charge in [0.2, 0.25) is 11.3 Å². The standard InChI is InChI=1S/C27H31N3O12S/c1-11-8-7-9-17-20(36)19(12(2)31)25(42-21(11)17)29-30(27(28)43)26-24(40-16(6)35)23(39-15(5)34)22(38-14(4)33)18(41-26)10-37-13(3)32/h7-9,18,22-24,26,29H,10H2,1-6H3,(H2,28,43)/t18-,22+,23+,24-,26-/m1/s1. The molecule has 5 atom stereocenters. The van der Waals surface area contributed by atoms with E-state index in [9.17, 15) is 28.8 Å². The minimum absolute atomic E-state index is 0.143. The third kappa shape index (κ3) is 7.64. The van der Waals surface area contributed by atoms with E-state index in [0.717, 1.165) is 39.6 Å². The van der Waals surface area contributed by atoms with Gasteiger partial charge in [0, 0.05) is 27.7 Å². The fraction of sp³-hybridized carbons (Fsp3) is 0.444. The van der Waals surface area contributed by atoms with Crippen molar-refractivity contribution in [1.29, 1.82) is 0 Å². The van der Waals surface area contributed by atoms with Gasteiger partial charge in [-0.1, -0.05) is 12.1 Å². The number of hydrazine groups is 1. The van der Waals surface area contributed by atoms with Crippen molar-refractivity contribution in [2.75, 3.05) is 12.0 Å². The number of nitrogens with two attached hydrogens (primary N) is 1. The lowest BCUT2D eigenvalue weighted by Crippen LogP contribution is -2.68. The first kappa shape index (κ1) is 32.9. The molecule has 0 saturated carbocycles. The molecule has 16 heteroatoms. The largest absolute Gasteiger partial charge is 0.463 e. The fourth-order valence-electron chi connectivity index (χ4n) is 4.52. The number of ketones is 1. The summed E-state index contributed by atoms with van der Waals surface area (Å²) in [6.07, 6.45) is -7.51. The Kier molecular flexibility index (Phi) is 10.4. The maximum Gasteiger partial charge on any atom is 0.303 e. The molecule has 0 amide bonds. The molecule has 0 aliphatic carbocycles. The van der Waals surface area contributed by atoms with Crippen LogP contribution in [0.5, 0.6) is 0 Å². The van der Waals surface area contributed by atoms with E-state index in [1.165, 1.54) is 6.07 Å². The summed E-state index contributed by atoms with van der Waals surface area (Å²) in [5.41, 5.74) is 8.42. The molecule has 0 bridgehead atoms. The van der Waals surface area contributed by atoms with Crippen LogP contribution in [0.1, 0.15) is 50.5 Å². The van der Waals surface area contributed by atoms with E-state index in [1.54, 1.807) is 19.1 Å². The number of nitrogens with zero attached hydrogens (tertiary/aromatic N) is 1. The lowest BCUT2D eigenvalue weighted by atomic mass is 9.97. The molecule has 0 unspecified atom stereocenters. The number of hydrogen-bond acceptors (Lipinski definition) is 14. The van der Waals surface area contributed by atoms with Crippen molar-refractivity contribution in [2.24, 2.45) is 5.73 Å². The Morgan fingerprint density at radius 2 is 1.51 bits per heavy atom. The summed E-state index contributed by atoms with van der Waals surface area (Å²) in [5, 5.41) is 0.576. The second kappa shape index (κ2) is 13.6. The summed E-state index contributed by atoms with van der Waals surface area (Å²) in [5.74, 6) is -4.28. The number of fused-ring (bicyclic) bond motifs is 1. The summed E-state index contributed by atoms with van der Waals surface area (Å²) in [7, 11) is 0. The van der Waals surface area contributed by atoms with E-state index in [4.69, 9.17) is 46.1 Å². The molecular weight excluding hydrogens is 590 g/mol. The van der Waals surface area contributed by atoms with Gasteiger partial charge in [0.05, 0.1) is 5.39 Å². The predicted molar refractivity (Wildman–Crippen MR) is 151 cm³/mol. The van der Waals surface area contributed by atoms with Crippen molar-refractivity contribution < 1.29 is 52.1 Å². The van der Waals surface area contributed by atoms with Crippen LogP contribution >= 0.6 is 12.2 Å². The second-order valence-electron chi connectivity index (χ2n) is 9.55. The number of anilines is 1. The molecule has 15 nitrogen and oxygen atoms in total. The molecule has 1 aliphatic heterocycles. The van der Waals surface area contributed by atoms with Crippen LogP contribution in [0.2, 0.25) is 0 Å². The molecular formula is C27H31N3O12S. The highest BCUT2D eigenvalue weighted by molar-refractivity contribution is 7.80. The molecule has 1 saturated heterocycles. The zero-order valence-corrected chi connectivity index (χ0v) is 25.0. The number of carbonyl (C=O) groups excluding carboxylic acids is 5.